The molecule has 0 radical (unpaired) electrons. The molecule has 1 aliphatic heterocycles. The summed E-state index contributed by atoms with van der Waals surface area (Å²) in [4.78, 5) is 17.1. The van der Waals surface area contributed by atoms with Gasteiger partial charge in [-0.25, -0.2) is 13.4 Å². The Morgan fingerprint density at radius 2 is 1.90 bits per heavy atom. The van der Waals surface area contributed by atoms with Crippen LogP contribution in [0.4, 0.5) is 10.8 Å². The molecule has 0 aliphatic carbocycles. The summed E-state index contributed by atoms with van der Waals surface area (Å²) in [5.41, 5.74) is 2.74. The number of hydrogen-bond acceptors (Lipinski definition) is 7. The molecule has 0 atom stereocenters. The Kier molecular flexibility index (Phi) is 5.84. The highest BCUT2D eigenvalue weighted by Gasteiger charge is 2.23. The third-order valence-electron chi connectivity index (χ3n) is 4.66. The summed E-state index contributed by atoms with van der Waals surface area (Å²) in [5.74, 6) is 0.872. The van der Waals surface area contributed by atoms with Crippen LogP contribution in [-0.2, 0) is 14.8 Å². The van der Waals surface area contributed by atoms with E-state index in [4.69, 9.17) is 9.47 Å². The van der Waals surface area contributed by atoms with Crippen molar-refractivity contribution < 1.29 is 22.7 Å². The SMILES string of the molecule is Cc1ccccc1N(CC(=O)Nc1nc(-c2ccc3c(c2)OCCO3)cs1)S(C)(=O)=O. The van der Waals surface area contributed by atoms with E-state index in [-0.39, 0.29) is 6.54 Å². The molecule has 2 heterocycles. The van der Waals surface area contributed by atoms with Crippen molar-refractivity contribution in [2.24, 2.45) is 0 Å². The average molecular weight is 460 g/mol. The Bertz CT molecular complexity index is 1220. The number of ether oxygens (including phenoxy) is 2. The van der Waals surface area contributed by atoms with E-state index in [1.165, 1.54) is 11.3 Å². The van der Waals surface area contributed by atoms with Gasteiger partial charge in [-0.1, -0.05) is 18.2 Å². The van der Waals surface area contributed by atoms with Gasteiger partial charge in [-0.05, 0) is 36.8 Å². The van der Waals surface area contributed by atoms with Gasteiger partial charge in [0.2, 0.25) is 15.9 Å². The third kappa shape index (κ3) is 4.80. The van der Waals surface area contributed by atoms with Crippen molar-refractivity contribution in [2.45, 2.75) is 6.92 Å². The fourth-order valence-electron chi connectivity index (χ4n) is 3.18. The van der Waals surface area contributed by atoms with Gasteiger partial charge in [-0.2, -0.15) is 0 Å². The molecule has 3 aromatic rings. The lowest BCUT2D eigenvalue weighted by Gasteiger charge is -2.23. The van der Waals surface area contributed by atoms with Crippen LogP contribution in [0.1, 0.15) is 5.56 Å². The number of aromatic nitrogens is 1. The standard InChI is InChI=1S/C21H21N3O5S2/c1-14-5-3-4-6-17(14)24(31(2,26)27)12-20(25)23-21-22-16(13-30-21)15-7-8-18-19(11-15)29-10-9-28-18/h3-8,11,13H,9-10,12H2,1-2H3,(H,22,23,25). The maximum Gasteiger partial charge on any atom is 0.246 e. The molecule has 162 valence electrons. The van der Waals surface area contributed by atoms with E-state index in [1.807, 2.05) is 29.6 Å². The van der Waals surface area contributed by atoms with E-state index in [0.717, 1.165) is 21.7 Å². The summed E-state index contributed by atoms with van der Waals surface area (Å²) in [6, 6.07) is 12.6. The zero-order valence-electron chi connectivity index (χ0n) is 17.0. The lowest BCUT2D eigenvalue weighted by atomic mass is 10.1. The van der Waals surface area contributed by atoms with Crippen LogP contribution < -0.4 is 19.1 Å². The molecule has 1 N–H and O–H groups in total. The van der Waals surface area contributed by atoms with Gasteiger partial charge in [0, 0.05) is 10.9 Å². The van der Waals surface area contributed by atoms with Crippen LogP contribution in [0.3, 0.4) is 0 Å². The van der Waals surface area contributed by atoms with Crippen molar-refractivity contribution >= 4 is 38.1 Å². The van der Waals surface area contributed by atoms with Crippen molar-refractivity contribution in [3.8, 4) is 22.8 Å². The van der Waals surface area contributed by atoms with E-state index >= 15 is 0 Å². The Morgan fingerprint density at radius 3 is 2.65 bits per heavy atom. The molecule has 2 aromatic carbocycles. The van der Waals surface area contributed by atoms with E-state index in [0.29, 0.717) is 41.2 Å². The van der Waals surface area contributed by atoms with Crippen LogP contribution >= 0.6 is 11.3 Å². The number of nitrogens with zero attached hydrogens (tertiary/aromatic N) is 2. The van der Waals surface area contributed by atoms with Crippen molar-refractivity contribution in [2.75, 3.05) is 35.6 Å². The number of amides is 1. The highest BCUT2D eigenvalue weighted by molar-refractivity contribution is 7.92. The number of hydrogen-bond donors (Lipinski definition) is 1. The molecule has 1 aromatic heterocycles. The minimum absolute atomic E-state index is 0.345. The highest BCUT2D eigenvalue weighted by atomic mass is 32.2. The van der Waals surface area contributed by atoms with Crippen molar-refractivity contribution in [1.29, 1.82) is 0 Å². The number of sulfonamides is 1. The molecule has 8 nitrogen and oxygen atoms in total. The van der Waals surface area contributed by atoms with Crippen LogP contribution in [0.15, 0.2) is 47.8 Å². The number of benzene rings is 2. The van der Waals surface area contributed by atoms with Gasteiger partial charge in [-0.3, -0.25) is 9.10 Å². The summed E-state index contributed by atoms with van der Waals surface area (Å²) < 4.78 is 36.8. The summed E-state index contributed by atoms with van der Waals surface area (Å²) in [5, 5.41) is 4.89. The second kappa shape index (κ2) is 8.56. The molecule has 0 fully saturated rings. The Morgan fingerprint density at radius 1 is 1.16 bits per heavy atom. The Hall–Kier alpha value is -3.11. The number of carbonyl (C=O) groups is 1. The Balaban J connectivity index is 1.49. The van der Waals surface area contributed by atoms with Crippen LogP contribution in [0.5, 0.6) is 11.5 Å². The first-order chi connectivity index (χ1) is 14.8. The summed E-state index contributed by atoms with van der Waals surface area (Å²) in [7, 11) is -3.64. The molecule has 0 bridgehead atoms. The van der Waals surface area contributed by atoms with E-state index in [9.17, 15) is 13.2 Å². The number of thiazole rings is 1. The summed E-state index contributed by atoms with van der Waals surface area (Å²) in [6.07, 6.45) is 1.08. The summed E-state index contributed by atoms with van der Waals surface area (Å²) in [6.45, 7) is 2.47. The second-order valence-electron chi connectivity index (χ2n) is 7.00. The van der Waals surface area contributed by atoms with Gasteiger partial charge in [0.05, 0.1) is 17.6 Å². The zero-order valence-corrected chi connectivity index (χ0v) is 18.6. The molecule has 31 heavy (non-hydrogen) atoms. The van der Waals surface area contributed by atoms with Crippen LogP contribution in [0.25, 0.3) is 11.3 Å². The highest BCUT2D eigenvalue weighted by Crippen LogP contribution is 2.35. The van der Waals surface area contributed by atoms with E-state index in [1.54, 1.807) is 25.1 Å². The molecule has 0 saturated carbocycles. The number of fused-ring (bicyclic) bond motifs is 1. The maximum absolute atomic E-state index is 12.6. The molecule has 0 saturated heterocycles. The fourth-order valence-corrected chi connectivity index (χ4v) is 4.83. The van der Waals surface area contributed by atoms with Crippen LogP contribution in [0, 0.1) is 6.92 Å². The average Bonchev–Trinajstić information content (AvgIpc) is 3.20. The molecule has 4 rings (SSSR count). The largest absolute Gasteiger partial charge is 0.486 e. The predicted molar refractivity (Wildman–Crippen MR) is 121 cm³/mol. The first-order valence-corrected chi connectivity index (χ1v) is 12.2. The lowest BCUT2D eigenvalue weighted by Crippen LogP contribution is -2.37. The normalized spacial score (nSPS) is 13.0. The van der Waals surface area contributed by atoms with Gasteiger partial charge in [0.15, 0.2) is 16.6 Å². The fraction of sp³-hybridized carbons (Fsp3) is 0.238. The minimum Gasteiger partial charge on any atom is -0.486 e. The van der Waals surface area contributed by atoms with Crippen molar-refractivity contribution in [1.82, 2.24) is 4.98 Å². The smallest absolute Gasteiger partial charge is 0.246 e. The predicted octanol–water partition coefficient (Wildman–Crippen LogP) is 3.29. The summed E-state index contributed by atoms with van der Waals surface area (Å²) >= 11 is 1.26. The monoisotopic (exact) mass is 459 g/mol. The molecule has 1 amide bonds. The molecule has 1 aliphatic rings. The topological polar surface area (TPSA) is 97.8 Å². The first kappa shape index (κ1) is 21.1. The number of nitrogens with one attached hydrogen (secondary N) is 1. The number of carbonyl (C=O) groups excluding carboxylic acids is 1. The first-order valence-electron chi connectivity index (χ1n) is 9.50. The van der Waals surface area contributed by atoms with Gasteiger partial charge in [0.25, 0.3) is 0 Å². The maximum atomic E-state index is 12.6. The van der Waals surface area contributed by atoms with Crippen molar-refractivity contribution in [3.05, 3.63) is 53.4 Å². The zero-order chi connectivity index (χ0) is 22.0. The molecule has 0 spiro atoms. The molecule has 0 unspecified atom stereocenters. The van der Waals surface area contributed by atoms with Crippen LogP contribution in [0.2, 0.25) is 0 Å². The van der Waals surface area contributed by atoms with Crippen LogP contribution in [-0.4, -0.2) is 45.3 Å². The van der Waals surface area contributed by atoms with Crippen molar-refractivity contribution in [3.63, 3.8) is 0 Å². The Labute approximate surface area is 184 Å². The molecule has 10 heteroatoms. The van der Waals surface area contributed by atoms with Gasteiger partial charge in [0.1, 0.15) is 19.8 Å². The number of rotatable bonds is 6. The van der Waals surface area contributed by atoms with Gasteiger partial charge < -0.3 is 14.8 Å². The van der Waals surface area contributed by atoms with E-state index < -0.39 is 15.9 Å². The number of aryl methyl sites for hydroxylation is 1. The number of anilines is 2. The van der Waals surface area contributed by atoms with E-state index in [2.05, 4.69) is 10.3 Å². The second-order valence-corrected chi connectivity index (χ2v) is 9.77. The quantitative estimate of drug-likeness (QED) is 0.607. The third-order valence-corrected chi connectivity index (χ3v) is 6.54. The number of para-hydroxylation sites is 1. The minimum atomic E-state index is -3.64. The lowest BCUT2D eigenvalue weighted by molar-refractivity contribution is -0.114. The molecular weight excluding hydrogens is 438 g/mol. The molecular formula is C21H21N3O5S2. The van der Waals surface area contributed by atoms with Gasteiger partial charge >= 0.3 is 0 Å². The van der Waals surface area contributed by atoms with Gasteiger partial charge in [-0.15, -0.1) is 11.3 Å².